The molecule has 2 aliphatic rings. The summed E-state index contributed by atoms with van der Waals surface area (Å²) >= 11 is 0. The lowest BCUT2D eigenvalue weighted by molar-refractivity contribution is -0.150. The molecule has 114 valence electrons. The van der Waals surface area contributed by atoms with Crippen LogP contribution in [0.1, 0.15) is 51.9 Å². The molecule has 1 saturated heterocycles. The number of nitrogens with one attached hydrogen (secondary N) is 2. The monoisotopic (exact) mass is 282 g/mol. The Hall–Kier alpha value is -1.10. The largest absolute Gasteiger partial charge is 0.480 e. The molecule has 20 heavy (non-hydrogen) atoms. The molecule has 0 aromatic rings. The molecule has 0 aromatic carbocycles. The maximum absolute atomic E-state index is 12.3. The third-order valence-corrected chi connectivity index (χ3v) is 4.98. The van der Waals surface area contributed by atoms with Crippen molar-refractivity contribution in [1.29, 1.82) is 0 Å². The Morgan fingerprint density at radius 3 is 2.50 bits per heavy atom. The SMILES string of the molecule is CCC1CCC(NC(=O)C2CCCNC2)(C(=O)O)CC1. The standard InChI is InChI=1S/C15H26N2O3/c1-2-11-5-7-15(8-6-11,14(19)20)17-13(18)12-4-3-9-16-10-12/h11-12,16H,2-10H2,1H3,(H,17,18)(H,19,20). The van der Waals surface area contributed by atoms with Crippen molar-refractivity contribution >= 4 is 11.9 Å². The Morgan fingerprint density at radius 2 is 2.00 bits per heavy atom. The minimum Gasteiger partial charge on any atom is -0.480 e. The lowest BCUT2D eigenvalue weighted by Gasteiger charge is -2.38. The number of amides is 1. The summed E-state index contributed by atoms with van der Waals surface area (Å²) in [7, 11) is 0. The number of carbonyl (C=O) groups excluding carboxylic acids is 1. The zero-order valence-electron chi connectivity index (χ0n) is 12.3. The van der Waals surface area contributed by atoms with Crippen molar-refractivity contribution in [3.8, 4) is 0 Å². The van der Waals surface area contributed by atoms with Crippen LogP contribution in [0, 0.1) is 11.8 Å². The van der Waals surface area contributed by atoms with Crippen molar-refractivity contribution in [2.75, 3.05) is 13.1 Å². The number of carboxylic acid groups (broad SMARTS) is 1. The summed E-state index contributed by atoms with van der Waals surface area (Å²) in [4.78, 5) is 24.0. The average Bonchev–Trinajstić information content (AvgIpc) is 2.48. The molecule has 5 heteroatoms. The third-order valence-electron chi connectivity index (χ3n) is 4.98. The van der Waals surface area contributed by atoms with Crippen molar-refractivity contribution in [1.82, 2.24) is 10.6 Å². The van der Waals surface area contributed by atoms with Gasteiger partial charge in [-0.2, -0.15) is 0 Å². The third kappa shape index (κ3) is 3.32. The molecule has 0 spiro atoms. The van der Waals surface area contributed by atoms with Gasteiger partial charge in [0, 0.05) is 6.54 Å². The quantitative estimate of drug-likeness (QED) is 0.730. The molecular formula is C15H26N2O3. The first-order valence-electron chi connectivity index (χ1n) is 7.83. The minimum atomic E-state index is -1.03. The lowest BCUT2D eigenvalue weighted by Crippen LogP contribution is -2.58. The van der Waals surface area contributed by atoms with Crippen LogP contribution in [0.5, 0.6) is 0 Å². The fourth-order valence-electron chi connectivity index (χ4n) is 3.38. The van der Waals surface area contributed by atoms with E-state index in [2.05, 4.69) is 17.6 Å². The van der Waals surface area contributed by atoms with E-state index in [0.29, 0.717) is 25.3 Å². The Bertz CT molecular complexity index is 356. The predicted octanol–water partition coefficient (Wildman–Crippen LogP) is 1.53. The summed E-state index contributed by atoms with van der Waals surface area (Å²) in [6.45, 7) is 3.76. The van der Waals surface area contributed by atoms with E-state index in [-0.39, 0.29) is 11.8 Å². The fraction of sp³-hybridized carbons (Fsp3) is 0.867. The maximum atomic E-state index is 12.3. The van der Waals surface area contributed by atoms with Gasteiger partial charge in [0.2, 0.25) is 5.91 Å². The zero-order chi connectivity index (χ0) is 14.6. The molecule has 0 bridgehead atoms. The predicted molar refractivity (Wildman–Crippen MR) is 76.4 cm³/mol. The van der Waals surface area contributed by atoms with E-state index in [1.807, 2.05) is 0 Å². The molecule has 5 nitrogen and oxygen atoms in total. The van der Waals surface area contributed by atoms with Crippen LogP contribution in [-0.4, -0.2) is 35.6 Å². The van der Waals surface area contributed by atoms with Crippen LogP contribution in [0.25, 0.3) is 0 Å². The minimum absolute atomic E-state index is 0.0797. The maximum Gasteiger partial charge on any atom is 0.329 e. The van der Waals surface area contributed by atoms with Crippen molar-refractivity contribution in [2.24, 2.45) is 11.8 Å². The smallest absolute Gasteiger partial charge is 0.329 e. The number of rotatable bonds is 4. The van der Waals surface area contributed by atoms with Gasteiger partial charge in [-0.1, -0.05) is 13.3 Å². The van der Waals surface area contributed by atoms with Gasteiger partial charge in [0.25, 0.3) is 0 Å². The molecule has 1 aliphatic heterocycles. The van der Waals surface area contributed by atoms with Crippen molar-refractivity contribution in [3.63, 3.8) is 0 Å². The van der Waals surface area contributed by atoms with Gasteiger partial charge in [-0.15, -0.1) is 0 Å². The number of aliphatic carboxylic acids is 1. The molecular weight excluding hydrogens is 256 g/mol. The van der Waals surface area contributed by atoms with Gasteiger partial charge in [-0.25, -0.2) is 4.79 Å². The lowest BCUT2D eigenvalue weighted by atomic mass is 9.75. The highest BCUT2D eigenvalue weighted by Gasteiger charge is 2.43. The van der Waals surface area contributed by atoms with E-state index in [0.717, 1.165) is 38.6 Å². The van der Waals surface area contributed by atoms with Crippen LogP contribution in [0.3, 0.4) is 0 Å². The molecule has 1 unspecified atom stereocenters. The number of carbonyl (C=O) groups is 2. The molecule has 0 radical (unpaired) electrons. The molecule has 2 fully saturated rings. The van der Waals surface area contributed by atoms with Crippen molar-refractivity contribution < 1.29 is 14.7 Å². The summed E-state index contributed by atoms with van der Waals surface area (Å²) in [6, 6.07) is 0. The second kappa shape index (κ2) is 6.57. The van der Waals surface area contributed by atoms with Gasteiger partial charge < -0.3 is 15.7 Å². The number of hydrogen-bond acceptors (Lipinski definition) is 3. The van der Waals surface area contributed by atoms with Crippen LogP contribution in [0.15, 0.2) is 0 Å². The highest BCUT2D eigenvalue weighted by atomic mass is 16.4. The van der Waals surface area contributed by atoms with E-state index in [1.54, 1.807) is 0 Å². The number of hydrogen-bond donors (Lipinski definition) is 3. The molecule has 1 heterocycles. The summed E-state index contributed by atoms with van der Waals surface area (Å²) in [5, 5.41) is 15.6. The molecule has 0 aromatic heterocycles. The van der Waals surface area contributed by atoms with Gasteiger partial charge >= 0.3 is 5.97 Å². The zero-order valence-corrected chi connectivity index (χ0v) is 12.3. The van der Waals surface area contributed by atoms with Crippen LogP contribution in [-0.2, 0) is 9.59 Å². The number of carboxylic acids is 1. The van der Waals surface area contributed by atoms with Gasteiger partial charge in [0.15, 0.2) is 0 Å². The van der Waals surface area contributed by atoms with E-state index in [4.69, 9.17) is 0 Å². The van der Waals surface area contributed by atoms with Crippen LogP contribution in [0.4, 0.5) is 0 Å². The second-order valence-electron chi connectivity index (χ2n) is 6.27. The van der Waals surface area contributed by atoms with Gasteiger partial charge in [-0.3, -0.25) is 4.79 Å². The topological polar surface area (TPSA) is 78.4 Å². The molecule has 2 rings (SSSR count). The molecule has 3 N–H and O–H groups in total. The Kier molecular flexibility index (Phi) is 5.02. The van der Waals surface area contributed by atoms with E-state index in [1.165, 1.54) is 0 Å². The van der Waals surface area contributed by atoms with Crippen molar-refractivity contribution in [2.45, 2.75) is 57.4 Å². The second-order valence-corrected chi connectivity index (χ2v) is 6.27. The van der Waals surface area contributed by atoms with Gasteiger partial charge in [0.1, 0.15) is 5.54 Å². The molecule has 1 atom stereocenters. The highest BCUT2D eigenvalue weighted by molar-refractivity contribution is 5.88. The normalized spacial score (nSPS) is 34.5. The van der Waals surface area contributed by atoms with Gasteiger partial charge in [-0.05, 0) is 51.0 Å². The first kappa shape index (κ1) is 15.3. The van der Waals surface area contributed by atoms with E-state index < -0.39 is 11.5 Å². The first-order valence-corrected chi connectivity index (χ1v) is 7.83. The van der Waals surface area contributed by atoms with Crippen LogP contribution in [0.2, 0.25) is 0 Å². The van der Waals surface area contributed by atoms with Crippen molar-refractivity contribution in [3.05, 3.63) is 0 Å². The van der Waals surface area contributed by atoms with Gasteiger partial charge in [0.05, 0.1) is 5.92 Å². The Labute approximate surface area is 120 Å². The summed E-state index contributed by atoms with van der Waals surface area (Å²) in [5.74, 6) is -0.432. The van der Waals surface area contributed by atoms with Crippen LogP contribution < -0.4 is 10.6 Å². The highest BCUT2D eigenvalue weighted by Crippen LogP contribution is 2.34. The van der Waals surface area contributed by atoms with Crippen LogP contribution >= 0.6 is 0 Å². The summed E-state index contributed by atoms with van der Waals surface area (Å²) < 4.78 is 0. The molecule has 1 saturated carbocycles. The Balaban J connectivity index is 1.98. The Morgan fingerprint density at radius 1 is 1.30 bits per heavy atom. The fourth-order valence-corrected chi connectivity index (χ4v) is 3.38. The average molecular weight is 282 g/mol. The molecule has 1 amide bonds. The number of piperidine rings is 1. The first-order chi connectivity index (χ1) is 9.57. The molecule has 1 aliphatic carbocycles. The van der Waals surface area contributed by atoms with E-state index >= 15 is 0 Å². The van der Waals surface area contributed by atoms with E-state index in [9.17, 15) is 14.7 Å². The summed E-state index contributed by atoms with van der Waals surface area (Å²) in [6.07, 6.45) is 5.84. The summed E-state index contributed by atoms with van der Waals surface area (Å²) in [5.41, 5.74) is -1.03.